The van der Waals surface area contributed by atoms with Gasteiger partial charge in [-0.15, -0.1) is 11.8 Å². The number of rotatable bonds is 6. The number of para-hydroxylation sites is 1. The highest BCUT2D eigenvalue weighted by atomic mass is 32.2. The Morgan fingerprint density at radius 1 is 1.11 bits per heavy atom. The minimum atomic E-state index is -3.56. The van der Waals surface area contributed by atoms with Gasteiger partial charge in [-0.1, -0.05) is 12.1 Å². The number of carbonyl (C=O) groups excluding carboxylic acids is 1. The number of hydrogen-bond donors (Lipinski definition) is 1. The summed E-state index contributed by atoms with van der Waals surface area (Å²) in [5, 5.41) is 2.99. The molecule has 0 aliphatic carbocycles. The van der Waals surface area contributed by atoms with Crippen LogP contribution >= 0.6 is 11.8 Å². The Kier molecular flexibility index (Phi) is 6.64. The van der Waals surface area contributed by atoms with E-state index in [0.717, 1.165) is 10.6 Å². The van der Waals surface area contributed by atoms with Crippen molar-refractivity contribution in [2.45, 2.75) is 22.6 Å². The molecule has 1 amide bonds. The van der Waals surface area contributed by atoms with Crippen molar-refractivity contribution >= 4 is 33.4 Å². The summed E-state index contributed by atoms with van der Waals surface area (Å²) in [4.78, 5) is 13.9. The van der Waals surface area contributed by atoms with Crippen LogP contribution in [-0.2, 0) is 14.8 Å². The van der Waals surface area contributed by atoms with Crippen molar-refractivity contribution in [2.75, 3.05) is 31.8 Å². The van der Waals surface area contributed by atoms with Gasteiger partial charge in [-0.3, -0.25) is 4.79 Å². The third kappa shape index (κ3) is 4.51. The van der Waals surface area contributed by atoms with Crippen molar-refractivity contribution in [1.29, 1.82) is 0 Å². The molecule has 1 heterocycles. The minimum Gasteiger partial charge on any atom is -0.497 e. The summed E-state index contributed by atoms with van der Waals surface area (Å²) in [6, 6.07) is 14.0. The van der Waals surface area contributed by atoms with E-state index in [-0.39, 0.29) is 16.7 Å². The van der Waals surface area contributed by atoms with Gasteiger partial charge in [0.1, 0.15) is 5.75 Å². The molecule has 150 valence electrons. The number of ether oxygens (including phenoxy) is 1. The van der Waals surface area contributed by atoms with Crippen molar-refractivity contribution in [1.82, 2.24) is 4.31 Å². The molecule has 6 nitrogen and oxygen atoms in total. The van der Waals surface area contributed by atoms with Crippen LogP contribution in [0.25, 0.3) is 0 Å². The van der Waals surface area contributed by atoms with Crippen molar-refractivity contribution < 1.29 is 17.9 Å². The fraction of sp³-hybridized carbons (Fsp3) is 0.350. The summed E-state index contributed by atoms with van der Waals surface area (Å²) in [5.74, 6) is 0.361. The van der Waals surface area contributed by atoms with E-state index in [9.17, 15) is 13.2 Å². The second-order valence-corrected chi connectivity index (χ2v) is 9.33. The van der Waals surface area contributed by atoms with Crippen LogP contribution < -0.4 is 10.1 Å². The van der Waals surface area contributed by atoms with Gasteiger partial charge in [0.2, 0.25) is 15.9 Å². The van der Waals surface area contributed by atoms with Gasteiger partial charge in [0.05, 0.1) is 17.7 Å². The molecular formula is C20H24N2O4S2. The van der Waals surface area contributed by atoms with Crippen molar-refractivity contribution in [3.05, 3.63) is 48.5 Å². The lowest BCUT2D eigenvalue weighted by Gasteiger charge is -2.30. The highest BCUT2D eigenvalue weighted by molar-refractivity contribution is 7.98. The molecule has 0 atom stereocenters. The molecule has 1 saturated heterocycles. The predicted molar refractivity (Wildman–Crippen MR) is 111 cm³/mol. The maximum absolute atomic E-state index is 12.8. The molecule has 0 aromatic heterocycles. The van der Waals surface area contributed by atoms with E-state index in [0.29, 0.717) is 31.7 Å². The van der Waals surface area contributed by atoms with Gasteiger partial charge in [0.25, 0.3) is 0 Å². The van der Waals surface area contributed by atoms with Gasteiger partial charge in [-0.25, -0.2) is 8.42 Å². The second kappa shape index (κ2) is 8.98. The zero-order valence-corrected chi connectivity index (χ0v) is 17.6. The van der Waals surface area contributed by atoms with E-state index in [2.05, 4.69) is 5.32 Å². The first-order valence-corrected chi connectivity index (χ1v) is 11.7. The van der Waals surface area contributed by atoms with E-state index < -0.39 is 10.0 Å². The molecule has 0 bridgehead atoms. The Hall–Kier alpha value is -2.03. The fourth-order valence-electron chi connectivity index (χ4n) is 3.24. The van der Waals surface area contributed by atoms with Crippen LogP contribution in [0.3, 0.4) is 0 Å². The lowest BCUT2D eigenvalue weighted by molar-refractivity contribution is -0.120. The highest BCUT2D eigenvalue weighted by Gasteiger charge is 2.32. The van der Waals surface area contributed by atoms with Crippen LogP contribution in [-0.4, -0.2) is 45.1 Å². The van der Waals surface area contributed by atoms with Crippen LogP contribution in [0, 0.1) is 5.92 Å². The monoisotopic (exact) mass is 420 g/mol. The lowest BCUT2D eigenvalue weighted by Crippen LogP contribution is -2.41. The lowest BCUT2D eigenvalue weighted by atomic mass is 9.97. The maximum Gasteiger partial charge on any atom is 0.243 e. The smallest absolute Gasteiger partial charge is 0.243 e. The van der Waals surface area contributed by atoms with E-state index >= 15 is 0 Å². The van der Waals surface area contributed by atoms with Crippen molar-refractivity contribution in [3.63, 3.8) is 0 Å². The standard InChI is InChI=1S/C20H24N2O4S2/c1-26-16-7-9-17(10-8-16)28(24,25)22-13-11-15(12-14-22)20(23)21-18-5-3-4-6-19(18)27-2/h3-10,15H,11-14H2,1-2H3,(H,21,23). The van der Waals surface area contributed by atoms with E-state index in [1.54, 1.807) is 36.0 Å². The summed E-state index contributed by atoms with van der Waals surface area (Å²) in [7, 11) is -2.02. The molecule has 1 N–H and O–H groups in total. The summed E-state index contributed by atoms with van der Waals surface area (Å²) in [6.07, 6.45) is 2.97. The molecule has 0 spiro atoms. The van der Waals surface area contributed by atoms with Crippen molar-refractivity contribution in [3.8, 4) is 5.75 Å². The molecule has 0 saturated carbocycles. The van der Waals surface area contributed by atoms with Crippen LogP contribution in [0.2, 0.25) is 0 Å². The van der Waals surface area contributed by atoms with Gasteiger partial charge in [0.15, 0.2) is 0 Å². The molecule has 8 heteroatoms. The van der Waals surface area contributed by atoms with Crippen molar-refractivity contribution in [2.24, 2.45) is 5.92 Å². The highest BCUT2D eigenvalue weighted by Crippen LogP contribution is 2.28. The zero-order chi connectivity index (χ0) is 20.1. The quantitative estimate of drug-likeness (QED) is 0.725. The Bertz CT molecular complexity index is 921. The van der Waals surface area contributed by atoms with E-state index in [1.165, 1.54) is 11.4 Å². The van der Waals surface area contributed by atoms with Crippen LogP contribution in [0.4, 0.5) is 5.69 Å². The average molecular weight is 421 g/mol. The fourth-order valence-corrected chi connectivity index (χ4v) is 5.26. The van der Waals surface area contributed by atoms with Gasteiger partial charge in [0, 0.05) is 23.9 Å². The normalized spacial score (nSPS) is 15.9. The summed E-state index contributed by atoms with van der Waals surface area (Å²) < 4.78 is 32.2. The third-order valence-corrected chi connectivity index (χ3v) is 7.60. The topological polar surface area (TPSA) is 75.7 Å². The molecule has 3 rings (SSSR count). The van der Waals surface area contributed by atoms with E-state index in [4.69, 9.17) is 4.74 Å². The van der Waals surface area contributed by atoms with Gasteiger partial charge in [-0.05, 0) is 55.5 Å². The number of nitrogens with zero attached hydrogens (tertiary/aromatic N) is 1. The first kappa shape index (κ1) is 20.7. The molecule has 0 radical (unpaired) electrons. The van der Waals surface area contributed by atoms with Gasteiger partial charge >= 0.3 is 0 Å². The first-order chi connectivity index (χ1) is 13.5. The van der Waals surface area contributed by atoms with Gasteiger partial charge in [-0.2, -0.15) is 4.31 Å². The van der Waals surface area contributed by atoms with Crippen LogP contribution in [0.15, 0.2) is 58.3 Å². The summed E-state index contributed by atoms with van der Waals surface area (Å²) >= 11 is 1.58. The molecule has 2 aromatic carbocycles. The Morgan fingerprint density at radius 3 is 2.36 bits per heavy atom. The number of amides is 1. The predicted octanol–water partition coefficient (Wildman–Crippen LogP) is 3.46. The summed E-state index contributed by atoms with van der Waals surface area (Å²) in [6.45, 7) is 0.660. The number of benzene rings is 2. The average Bonchev–Trinajstić information content (AvgIpc) is 2.74. The van der Waals surface area contributed by atoms with Crippen LogP contribution in [0.5, 0.6) is 5.75 Å². The Labute approximate surface area is 170 Å². The number of carbonyl (C=O) groups is 1. The molecule has 1 aliphatic rings. The van der Waals surface area contributed by atoms with Gasteiger partial charge < -0.3 is 10.1 Å². The number of nitrogens with one attached hydrogen (secondary N) is 1. The molecule has 1 fully saturated rings. The molecule has 0 unspecified atom stereocenters. The molecular weight excluding hydrogens is 396 g/mol. The number of anilines is 1. The summed E-state index contributed by atoms with van der Waals surface area (Å²) in [5.41, 5.74) is 0.799. The van der Waals surface area contributed by atoms with E-state index in [1.807, 2.05) is 30.5 Å². The number of methoxy groups -OCH3 is 1. The molecule has 2 aromatic rings. The minimum absolute atomic E-state index is 0.0528. The molecule has 1 aliphatic heterocycles. The first-order valence-electron chi connectivity index (χ1n) is 9.04. The number of sulfonamides is 1. The Morgan fingerprint density at radius 2 is 1.75 bits per heavy atom. The number of piperidine rings is 1. The zero-order valence-electron chi connectivity index (χ0n) is 15.9. The second-order valence-electron chi connectivity index (χ2n) is 6.54. The number of thioether (sulfide) groups is 1. The molecule has 28 heavy (non-hydrogen) atoms. The third-order valence-electron chi connectivity index (χ3n) is 4.89. The largest absolute Gasteiger partial charge is 0.497 e. The Balaban J connectivity index is 1.62. The SMILES string of the molecule is COc1ccc(S(=O)(=O)N2CCC(C(=O)Nc3ccccc3SC)CC2)cc1. The van der Waals surface area contributed by atoms with Crippen LogP contribution in [0.1, 0.15) is 12.8 Å². The maximum atomic E-state index is 12.8. The number of hydrogen-bond acceptors (Lipinski definition) is 5.